The Morgan fingerprint density at radius 3 is 2.71 bits per heavy atom. The van der Waals surface area contributed by atoms with Crippen molar-refractivity contribution < 1.29 is 9.90 Å². The topological polar surface area (TPSA) is 73.7 Å². The van der Waals surface area contributed by atoms with Gasteiger partial charge in [0.2, 0.25) is 0 Å². The molecule has 0 heterocycles. The molecule has 2 aromatic rings. The first kappa shape index (κ1) is 14.6. The zero-order valence-corrected chi connectivity index (χ0v) is 11.7. The molecule has 1 amide bonds. The van der Waals surface area contributed by atoms with Crippen LogP contribution in [0.4, 0.5) is 5.69 Å². The van der Waals surface area contributed by atoms with Gasteiger partial charge in [0.15, 0.2) is 0 Å². The van der Waals surface area contributed by atoms with Crippen LogP contribution in [0, 0.1) is 6.92 Å². The fourth-order valence-corrected chi connectivity index (χ4v) is 1.72. The van der Waals surface area contributed by atoms with Crippen LogP contribution in [0.25, 0.3) is 0 Å². The molecule has 0 saturated heterocycles. The Labute approximate surface area is 123 Å². The molecule has 0 unspecified atom stereocenters. The van der Waals surface area contributed by atoms with Crippen molar-refractivity contribution in [2.45, 2.75) is 6.92 Å². The maximum Gasteiger partial charge on any atom is 0.259 e. The molecular weight excluding hydrogens is 266 g/mol. The van der Waals surface area contributed by atoms with Crippen molar-refractivity contribution in [3.8, 4) is 5.75 Å². The maximum atomic E-state index is 11.6. The number of aryl methyl sites for hydroxylation is 1. The molecule has 2 rings (SSSR count). The molecule has 21 heavy (non-hydrogen) atoms. The van der Waals surface area contributed by atoms with Crippen LogP contribution in [0.5, 0.6) is 5.75 Å². The summed E-state index contributed by atoms with van der Waals surface area (Å²) in [6, 6.07) is 14.3. The van der Waals surface area contributed by atoms with E-state index in [1.165, 1.54) is 6.21 Å². The van der Waals surface area contributed by atoms with Gasteiger partial charge in [-0.15, -0.1) is 0 Å². The van der Waals surface area contributed by atoms with Crippen LogP contribution in [0.2, 0.25) is 0 Å². The molecule has 0 aromatic heterocycles. The minimum absolute atomic E-state index is 0.149. The third-order valence-electron chi connectivity index (χ3n) is 2.77. The van der Waals surface area contributed by atoms with E-state index in [1.807, 2.05) is 31.2 Å². The monoisotopic (exact) mass is 283 g/mol. The van der Waals surface area contributed by atoms with E-state index in [-0.39, 0.29) is 18.2 Å². The summed E-state index contributed by atoms with van der Waals surface area (Å²) in [7, 11) is 0. The van der Waals surface area contributed by atoms with Gasteiger partial charge in [0.25, 0.3) is 5.91 Å². The van der Waals surface area contributed by atoms with Gasteiger partial charge in [-0.25, -0.2) is 5.43 Å². The Morgan fingerprint density at radius 2 is 2.00 bits per heavy atom. The normalized spacial score (nSPS) is 10.5. The molecule has 0 radical (unpaired) electrons. The van der Waals surface area contributed by atoms with Gasteiger partial charge in [-0.2, -0.15) is 5.10 Å². The Morgan fingerprint density at radius 1 is 1.24 bits per heavy atom. The maximum absolute atomic E-state index is 11.6. The van der Waals surface area contributed by atoms with Crippen molar-refractivity contribution in [2.24, 2.45) is 5.10 Å². The number of aromatic hydroxyl groups is 1. The Bertz CT molecular complexity index is 636. The van der Waals surface area contributed by atoms with Crippen LogP contribution >= 0.6 is 0 Å². The predicted octanol–water partition coefficient (Wildman–Crippen LogP) is 2.26. The van der Waals surface area contributed by atoms with E-state index in [9.17, 15) is 4.79 Å². The highest BCUT2D eigenvalue weighted by Gasteiger charge is 1.99. The summed E-state index contributed by atoms with van der Waals surface area (Å²) in [6.45, 7) is 2.14. The lowest BCUT2D eigenvalue weighted by atomic mass is 10.2. The molecular formula is C16H17N3O2. The summed E-state index contributed by atoms with van der Waals surface area (Å²) in [5.41, 5.74) is 5.25. The number of nitrogens with zero attached hydrogens (tertiary/aromatic N) is 1. The highest BCUT2D eigenvalue weighted by atomic mass is 16.3. The number of anilines is 1. The standard InChI is InChI=1S/C16H17N3O2/c1-12-3-2-4-14(9-12)17-11-16(21)19-18-10-13-5-7-15(20)8-6-13/h2-10,17,20H,11H2,1H3,(H,19,21). The zero-order valence-electron chi connectivity index (χ0n) is 11.7. The first-order valence-electron chi connectivity index (χ1n) is 6.55. The molecule has 5 heteroatoms. The molecule has 0 aliphatic heterocycles. The van der Waals surface area contributed by atoms with Gasteiger partial charge >= 0.3 is 0 Å². The van der Waals surface area contributed by atoms with E-state index >= 15 is 0 Å². The van der Waals surface area contributed by atoms with Crippen LogP contribution in [0.3, 0.4) is 0 Å². The molecule has 0 bridgehead atoms. The molecule has 0 aliphatic rings. The number of phenols is 1. The molecule has 5 nitrogen and oxygen atoms in total. The average molecular weight is 283 g/mol. The lowest BCUT2D eigenvalue weighted by molar-refractivity contribution is -0.119. The van der Waals surface area contributed by atoms with Crippen molar-refractivity contribution in [1.82, 2.24) is 5.43 Å². The van der Waals surface area contributed by atoms with Gasteiger partial charge in [0.1, 0.15) is 5.75 Å². The van der Waals surface area contributed by atoms with Gasteiger partial charge < -0.3 is 10.4 Å². The Kier molecular flexibility index (Phi) is 4.93. The SMILES string of the molecule is Cc1cccc(NCC(=O)NN=Cc2ccc(O)cc2)c1. The van der Waals surface area contributed by atoms with Crippen LogP contribution in [-0.4, -0.2) is 23.8 Å². The molecule has 108 valence electrons. The number of amides is 1. The third-order valence-corrected chi connectivity index (χ3v) is 2.77. The van der Waals surface area contributed by atoms with Crippen molar-refractivity contribution in [2.75, 3.05) is 11.9 Å². The van der Waals surface area contributed by atoms with Gasteiger partial charge in [0.05, 0.1) is 12.8 Å². The summed E-state index contributed by atoms with van der Waals surface area (Å²) in [6.07, 6.45) is 1.52. The Hall–Kier alpha value is -2.82. The number of carbonyl (C=O) groups is 1. The van der Waals surface area contributed by atoms with E-state index in [1.54, 1.807) is 24.3 Å². The van der Waals surface area contributed by atoms with E-state index in [0.717, 1.165) is 16.8 Å². The summed E-state index contributed by atoms with van der Waals surface area (Å²) in [5.74, 6) is -0.0370. The average Bonchev–Trinajstić information content (AvgIpc) is 2.47. The lowest BCUT2D eigenvalue weighted by Gasteiger charge is -2.05. The molecule has 0 saturated carbocycles. The van der Waals surface area contributed by atoms with Crippen molar-refractivity contribution in [1.29, 1.82) is 0 Å². The molecule has 0 fully saturated rings. The second kappa shape index (κ2) is 7.09. The van der Waals surface area contributed by atoms with Gasteiger partial charge in [-0.05, 0) is 54.4 Å². The number of benzene rings is 2. The highest BCUT2D eigenvalue weighted by molar-refractivity contribution is 5.84. The second-order valence-corrected chi connectivity index (χ2v) is 4.61. The van der Waals surface area contributed by atoms with Crippen LogP contribution in [-0.2, 0) is 4.79 Å². The van der Waals surface area contributed by atoms with Crippen LogP contribution in [0.1, 0.15) is 11.1 Å². The zero-order chi connectivity index (χ0) is 15.1. The fraction of sp³-hybridized carbons (Fsp3) is 0.125. The third kappa shape index (κ3) is 4.99. The minimum atomic E-state index is -0.230. The summed E-state index contributed by atoms with van der Waals surface area (Å²) in [5, 5.41) is 16.0. The van der Waals surface area contributed by atoms with E-state index in [0.29, 0.717) is 0 Å². The Balaban J connectivity index is 1.78. The molecule has 3 N–H and O–H groups in total. The van der Waals surface area contributed by atoms with E-state index in [4.69, 9.17) is 5.11 Å². The minimum Gasteiger partial charge on any atom is -0.508 e. The van der Waals surface area contributed by atoms with E-state index in [2.05, 4.69) is 15.8 Å². The number of hydrogen-bond acceptors (Lipinski definition) is 4. The summed E-state index contributed by atoms with van der Waals surface area (Å²) < 4.78 is 0. The second-order valence-electron chi connectivity index (χ2n) is 4.61. The van der Waals surface area contributed by atoms with E-state index < -0.39 is 0 Å². The molecule has 2 aromatic carbocycles. The smallest absolute Gasteiger partial charge is 0.259 e. The number of hydrazone groups is 1. The number of phenolic OH excluding ortho intramolecular Hbond substituents is 1. The molecule has 0 aliphatic carbocycles. The molecule has 0 atom stereocenters. The van der Waals surface area contributed by atoms with Gasteiger partial charge in [-0.3, -0.25) is 4.79 Å². The van der Waals surface area contributed by atoms with Gasteiger partial charge in [0, 0.05) is 5.69 Å². The molecule has 0 spiro atoms. The largest absolute Gasteiger partial charge is 0.508 e. The number of carbonyl (C=O) groups excluding carboxylic acids is 1. The number of nitrogens with one attached hydrogen (secondary N) is 2. The summed E-state index contributed by atoms with van der Waals surface area (Å²) >= 11 is 0. The van der Waals surface area contributed by atoms with Crippen LogP contribution in [0.15, 0.2) is 53.6 Å². The quantitative estimate of drug-likeness (QED) is 0.582. The first-order valence-corrected chi connectivity index (χ1v) is 6.55. The van der Waals surface area contributed by atoms with Crippen LogP contribution < -0.4 is 10.7 Å². The van der Waals surface area contributed by atoms with Crippen molar-refractivity contribution in [3.63, 3.8) is 0 Å². The predicted molar refractivity (Wildman–Crippen MR) is 83.5 cm³/mol. The van der Waals surface area contributed by atoms with Crippen molar-refractivity contribution in [3.05, 3.63) is 59.7 Å². The first-order chi connectivity index (χ1) is 10.1. The highest BCUT2D eigenvalue weighted by Crippen LogP contribution is 2.09. The number of rotatable bonds is 5. The summed E-state index contributed by atoms with van der Waals surface area (Å²) in [4.78, 5) is 11.6. The van der Waals surface area contributed by atoms with Gasteiger partial charge in [-0.1, -0.05) is 12.1 Å². The number of hydrogen-bond donors (Lipinski definition) is 3. The lowest BCUT2D eigenvalue weighted by Crippen LogP contribution is -2.25. The fourth-order valence-electron chi connectivity index (χ4n) is 1.72. The van der Waals surface area contributed by atoms with Crippen molar-refractivity contribution >= 4 is 17.8 Å².